The van der Waals surface area contributed by atoms with Gasteiger partial charge >= 0.3 is 0 Å². The van der Waals surface area contributed by atoms with E-state index in [1.807, 2.05) is 12.1 Å². The number of nitrogens with one attached hydrogen (secondary N) is 1. The van der Waals surface area contributed by atoms with Gasteiger partial charge < -0.3 is 9.67 Å². The fraction of sp³-hybridized carbons (Fsp3) is 0.375. The molecule has 0 radical (unpaired) electrons. The van der Waals surface area contributed by atoms with Crippen LogP contribution in [0.25, 0.3) is 10.9 Å². The molecule has 0 aliphatic carbocycles. The van der Waals surface area contributed by atoms with Crippen molar-refractivity contribution in [3.8, 4) is 0 Å². The van der Waals surface area contributed by atoms with E-state index < -0.39 is 5.91 Å². The van der Waals surface area contributed by atoms with Crippen molar-refractivity contribution in [2.75, 3.05) is 19.7 Å². The van der Waals surface area contributed by atoms with E-state index in [4.69, 9.17) is 5.21 Å². The van der Waals surface area contributed by atoms with Gasteiger partial charge in [-0.15, -0.1) is 0 Å². The van der Waals surface area contributed by atoms with Crippen molar-refractivity contribution in [2.45, 2.75) is 38.8 Å². The highest BCUT2D eigenvalue weighted by molar-refractivity contribution is 5.93. The molecular formula is C24H29N3O3. The average Bonchev–Trinajstić information content (AvgIpc) is 3.35. The topological polar surface area (TPSA) is 77.7 Å². The van der Waals surface area contributed by atoms with Crippen LogP contribution < -0.4 is 5.48 Å². The van der Waals surface area contributed by atoms with Crippen LogP contribution in [0.3, 0.4) is 0 Å². The van der Waals surface area contributed by atoms with Crippen LogP contribution in [0.4, 0.5) is 0 Å². The number of benzene rings is 2. The Morgan fingerprint density at radius 1 is 1.13 bits per heavy atom. The lowest BCUT2D eigenvalue weighted by molar-refractivity contribution is 0.0706. The molecule has 1 atom stereocenters. The fourth-order valence-electron chi connectivity index (χ4n) is 4.68. The number of rotatable bonds is 7. The van der Waals surface area contributed by atoms with Gasteiger partial charge in [0.15, 0.2) is 0 Å². The number of carbonyl (C=O) groups is 1. The summed E-state index contributed by atoms with van der Waals surface area (Å²) < 4.78 is 2.39. The number of hydrogen-bond donors (Lipinski definition) is 3. The Morgan fingerprint density at radius 2 is 1.90 bits per heavy atom. The second kappa shape index (κ2) is 9.00. The van der Waals surface area contributed by atoms with E-state index in [2.05, 4.69) is 40.7 Å². The first-order valence-corrected chi connectivity index (χ1v) is 10.6. The van der Waals surface area contributed by atoms with Crippen LogP contribution in [0.2, 0.25) is 0 Å². The first kappa shape index (κ1) is 20.6. The molecule has 30 heavy (non-hydrogen) atoms. The number of amides is 1. The van der Waals surface area contributed by atoms with Gasteiger partial charge in [-0.25, -0.2) is 5.48 Å². The zero-order chi connectivity index (χ0) is 21.1. The third-order valence-electron chi connectivity index (χ3n) is 6.38. The van der Waals surface area contributed by atoms with Crippen molar-refractivity contribution < 1.29 is 15.1 Å². The predicted molar refractivity (Wildman–Crippen MR) is 117 cm³/mol. The van der Waals surface area contributed by atoms with Crippen LogP contribution in [0, 0.1) is 6.92 Å². The van der Waals surface area contributed by atoms with Crippen molar-refractivity contribution >= 4 is 16.8 Å². The molecule has 2 aromatic carbocycles. The van der Waals surface area contributed by atoms with E-state index in [9.17, 15) is 9.90 Å². The van der Waals surface area contributed by atoms with Crippen molar-refractivity contribution in [1.29, 1.82) is 0 Å². The van der Waals surface area contributed by atoms with E-state index in [0.29, 0.717) is 11.6 Å². The Morgan fingerprint density at radius 3 is 2.63 bits per heavy atom. The summed E-state index contributed by atoms with van der Waals surface area (Å²) in [7, 11) is 0. The van der Waals surface area contributed by atoms with Gasteiger partial charge in [0, 0.05) is 41.3 Å². The maximum absolute atomic E-state index is 11.6. The molecule has 1 aliphatic heterocycles. The van der Waals surface area contributed by atoms with Crippen LogP contribution in [-0.2, 0) is 13.0 Å². The van der Waals surface area contributed by atoms with E-state index in [0.717, 1.165) is 44.5 Å². The van der Waals surface area contributed by atoms with Gasteiger partial charge in [-0.3, -0.25) is 14.9 Å². The summed E-state index contributed by atoms with van der Waals surface area (Å²) in [5.74, 6) is -0.502. The summed E-state index contributed by atoms with van der Waals surface area (Å²) in [5.41, 5.74) is 7.02. The Bertz CT molecular complexity index is 1030. The predicted octanol–water partition coefficient (Wildman–Crippen LogP) is 3.12. The highest BCUT2D eigenvalue weighted by Gasteiger charge is 2.24. The Kier molecular flexibility index (Phi) is 6.18. The van der Waals surface area contributed by atoms with Gasteiger partial charge in [-0.1, -0.05) is 30.3 Å². The van der Waals surface area contributed by atoms with Crippen molar-refractivity contribution in [3.63, 3.8) is 0 Å². The van der Waals surface area contributed by atoms with Crippen molar-refractivity contribution in [3.05, 3.63) is 70.9 Å². The molecule has 6 heteroatoms. The second-order valence-electron chi connectivity index (χ2n) is 8.06. The molecule has 1 unspecified atom stereocenters. The molecule has 1 aromatic heterocycles. The number of fused-ring (bicyclic) bond motifs is 1. The monoisotopic (exact) mass is 407 g/mol. The smallest absolute Gasteiger partial charge is 0.274 e. The van der Waals surface area contributed by atoms with Crippen molar-refractivity contribution in [2.24, 2.45) is 0 Å². The number of aliphatic hydroxyl groups is 1. The highest BCUT2D eigenvalue weighted by Crippen LogP contribution is 2.28. The lowest BCUT2D eigenvalue weighted by Crippen LogP contribution is -2.34. The first-order valence-electron chi connectivity index (χ1n) is 10.6. The number of likely N-dealkylation sites (tertiary alicyclic amines) is 1. The van der Waals surface area contributed by atoms with Crippen LogP contribution in [0.1, 0.15) is 40.0 Å². The zero-order valence-corrected chi connectivity index (χ0v) is 17.3. The van der Waals surface area contributed by atoms with E-state index in [1.165, 1.54) is 22.2 Å². The highest BCUT2D eigenvalue weighted by atomic mass is 16.5. The maximum atomic E-state index is 11.6. The quantitative estimate of drug-likeness (QED) is 0.415. The minimum atomic E-state index is -0.502. The number of hydroxylamine groups is 1. The van der Waals surface area contributed by atoms with Gasteiger partial charge in [0.05, 0.1) is 6.61 Å². The Hall–Kier alpha value is -2.67. The summed E-state index contributed by atoms with van der Waals surface area (Å²) in [6, 6.07) is 16.1. The summed E-state index contributed by atoms with van der Waals surface area (Å²) in [6.45, 7) is 5.31. The number of para-hydroxylation sites is 1. The maximum Gasteiger partial charge on any atom is 0.274 e. The molecule has 0 spiro atoms. The average molecular weight is 408 g/mol. The fourth-order valence-corrected chi connectivity index (χ4v) is 4.68. The SMILES string of the molecule is Cc1c(Cc2ccc(C(=O)NO)cc2)c2ccccc2n1CCN1CCCC1CO. The Balaban J connectivity index is 1.59. The van der Waals surface area contributed by atoms with Gasteiger partial charge in [-0.2, -0.15) is 0 Å². The largest absolute Gasteiger partial charge is 0.395 e. The zero-order valence-electron chi connectivity index (χ0n) is 17.3. The summed E-state index contributed by atoms with van der Waals surface area (Å²) in [6.07, 6.45) is 3.02. The number of carbonyl (C=O) groups excluding carboxylic acids is 1. The number of nitrogens with zero attached hydrogens (tertiary/aromatic N) is 2. The minimum absolute atomic E-state index is 0.237. The van der Waals surface area contributed by atoms with Crippen LogP contribution >= 0.6 is 0 Å². The number of aliphatic hydroxyl groups excluding tert-OH is 1. The van der Waals surface area contributed by atoms with E-state index >= 15 is 0 Å². The minimum Gasteiger partial charge on any atom is -0.395 e. The van der Waals surface area contributed by atoms with Gasteiger partial charge in [0.25, 0.3) is 5.91 Å². The molecule has 1 aliphatic rings. The molecule has 0 bridgehead atoms. The van der Waals surface area contributed by atoms with E-state index in [-0.39, 0.29) is 6.61 Å². The molecule has 6 nitrogen and oxygen atoms in total. The normalized spacial score (nSPS) is 17.0. The standard InChI is InChI=1S/C24H29N3O3/c1-17-22(15-18-8-10-19(11-9-18)24(29)25-30)21-6-2-3-7-23(21)27(17)14-13-26-12-4-5-20(26)16-28/h2-3,6-11,20,28,30H,4-5,12-16H2,1H3,(H,25,29). The molecule has 2 heterocycles. The van der Waals surface area contributed by atoms with Gasteiger partial charge in [-0.05, 0) is 62.1 Å². The van der Waals surface area contributed by atoms with Crippen LogP contribution in [-0.4, -0.2) is 51.4 Å². The lowest BCUT2D eigenvalue weighted by Gasteiger charge is -2.23. The molecule has 1 fully saturated rings. The molecule has 1 saturated heterocycles. The summed E-state index contributed by atoms with van der Waals surface area (Å²) >= 11 is 0. The molecular weight excluding hydrogens is 378 g/mol. The molecule has 4 rings (SSSR count). The summed E-state index contributed by atoms with van der Waals surface area (Å²) in [4.78, 5) is 14.0. The van der Waals surface area contributed by atoms with Gasteiger partial charge in [0.2, 0.25) is 0 Å². The van der Waals surface area contributed by atoms with E-state index in [1.54, 1.807) is 17.6 Å². The van der Waals surface area contributed by atoms with Crippen LogP contribution in [0.15, 0.2) is 48.5 Å². The number of hydrogen-bond acceptors (Lipinski definition) is 4. The molecule has 158 valence electrons. The molecule has 0 saturated carbocycles. The van der Waals surface area contributed by atoms with Gasteiger partial charge in [0.1, 0.15) is 0 Å². The Labute approximate surface area is 176 Å². The molecule has 3 N–H and O–H groups in total. The van der Waals surface area contributed by atoms with Crippen molar-refractivity contribution in [1.82, 2.24) is 14.9 Å². The molecule has 3 aromatic rings. The summed E-state index contributed by atoms with van der Waals surface area (Å²) in [5, 5.41) is 19.7. The first-order chi connectivity index (χ1) is 14.6. The third kappa shape index (κ3) is 3.99. The third-order valence-corrected chi connectivity index (χ3v) is 6.38. The number of aromatic nitrogens is 1. The second-order valence-corrected chi connectivity index (χ2v) is 8.06. The lowest BCUT2D eigenvalue weighted by atomic mass is 10.0. The molecule has 1 amide bonds. The van der Waals surface area contributed by atoms with Crippen LogP contribution in [0.5, 0.6) is 0 Å².